The van der Waals surface area contributed by atoms with Crippen molar-refractivity contribution in [3.8, 4) is 5.75 Å². The molecule has 0 aliphatic heterocycles. The lowest BCUT2D eigenvalue weighted by Gasteiger charge is -2.55. The van der Waals surface area contributed by atoms with Crippen molar-refractivity contribution in [3.63, 3.8) is 0 Å². The van der Waals surface area contributed by atoms with Crippen molar-refractivity contribution in [2.75, 3.05) is 0 Å². The van der Waals surface area contributed by atoms with Gasteiger partial charge in [0.1, 0.15) is 11.4 Å². The van der Waals surface area contributed by atoms with Gasteiger partial charge in [-0.15, -0.1) is 0 Å². The van der Waals surface area contributed by atoms with Crippen LogP contribution in [0.2, 0.25) is 0 Å². The number of hydrogen-bond acceptors (Lipinski definition) is 3. The van der Waals surface area contributed by atoms with Crippen molar-refractivity contribution in [3.05, 3.63) is 48.6 Å². The molecule has 0 heterocycles. The smallest absolute Gasteiger partial charge is 0.333 e. The van der Waals surface area contributed by atoms with Crippen LogP contribution < -0.4 is 0 Å². The second kappa shape index (κ2) is 7.69. The molecule has 0 spiro atoms. The Morgan fingerprint density at radius 1 is 1.15 bits per heavy atom. The number of carbonyl (C=O) groups excluding carboxylic acids is 1. The molecule has 140 valence electrons. The first-order valence-corrected chi connectivity index (χ1v) is 9.75. The van der Waals surface area contributed by atoms with Gasteiger partial charge in [-0.05, 0) is 80.4 Å². The van der Waals surface area contributed by atoms with E-state index in [0.717, 1.165) is 42.6 Å². The summed E-state index contributed by atoms with van der Waals surface area (Å²) in [6.45, 7) is 9.34. The molecule has 4 fully saturated rings. The average molecular weight is 354 g/mol. The third kappa shape index (κ3) is 4.20. The SMILES string of the molecule is C=C(CC)C(=O)OC12CC3CC(CC(C3)C1)C2.C=Cc1ccc(O)cc1. The number of phenols is 1. The van der Waals surface area contributed by atoms with Gasteiger partial charge < -0.3 is 9.84 Å². The van der Waals surface area contributed by atoms with E-state index in [0.29, 0.717) is 17.7 Å². The first kappa shape index (κ1) is 18.8. The highest BCUT2D eigenvalue weighted by atomic mass is 16.6. The fourth-order valence-corrected chi connectivity index (χ4v) is 5.18. The predicted octanol–water partition coefficient (Wildman–Crippen LogP) is 5.50. The van der Waals surface area contributed by atoms with Gasteiger partial charge in [-0.3, -0.25) is 0 Å². The first-order valence-electron chi connectivity index (χ1n) is 9.75. The molecular weight excluding hydrogens is 324 g/mol. The number of hydrogen-bond donors (Lipinski definition) is 1. The van der Waals surface area contributed by atoms with Gasteiger partial charge in [0.15, 0.2) is 0 Å². The molecular formula is C23H30O3. The monoisotopic (exact) mass is 354 g/mol. The van der Waals surface area contributed by atoms with Crippen LogP contribution in [0.25, 0.3) is 6.08 Å². The molecule has 1 N–H and O–H groups in total. The first-order chi connectivity index (χ1) is 12.4. The van der Waals surface area contributed by atoms with Crippen LogP contribution in [0, 0.1) is 17.8 Å². The van der Waals surface area contributed by atoms with Crippen molar-refractivity contribution >= 4 is 12.0 Å². The quantitative estimate of drug-likeness (QED) is 0.573. The van der Waals surface area contributed by atoms with E-state index in [2.05, 4.69) is 13.2 Å². The largest absolute Gasteiger partial charge is 0.508 e. The molecule has 1 aromatic rings. The number of aromatic hydroxyl groups is 1. The maximum absolute atomic E-state index is 11.9. The number of ether oxygens (including phenoxy) is 1. The van der Waals surface area contributed by atoms with Crippen LogP contribution in [0.4, 0.5) is 0 Å². The molecule has 3 heteroatoms. The molecule has 4 aliphatic carbocycles. The van der Waals surface area contributed by atoms with Crippen LogP contribution in [0.3, 0.4) is 0 Å². The van der Waals surface area contributed by atoms with E-state index in [9.17, 15) is 4.79 Å². The Kier molecular flexibility index (Phi) is 5.55. The summed E-state index contributed by atoms with van der Waals surface area (Å²) in [7, 11) is 0. The fraction of sp³-hybridized carbons (Fsp3) is 0.522. The lowest BCUT2D eigenvalue weighted by molar-refractivity contribution is -0.182. The number of rotatable bonds is 4. The number of phenolic OH excluding ortho intramolecular Hbond substituents is 1. The normalized spacial score (nSPS) is 30.9. The summed E-state index contributed by atoms with van der Waals surface area (Å²) < 4.78 is 5.86. The Bertz CT molecular complexity index is 636. The summed E-state index contributed by atoms with van der Waals surface area (Å²) in [4.78, 5) is 11.9. The third-order valence-corrected chi connectivity index (χ3v) is 6.14. The van der Waals surface area contributed by atoms with E-state index in [1.807, 2.05) is 19.1 Å². The van der Waals surface area contributed by atoms with Crippen molar-refractivity contribution in [1.29, 1.82) is 0 Å². The fourth-order valence-electron chi connectivity index (χ4n) is 5.18. The Labute approximate surface area is 156 Å². The molecule has 4 bridgehead atoms. The van der Waals surface area contributed by atoms with E-state index < -0.39 is 0 Å². The minimum absolute atomic E-state index is 0.107. The minimum Gasteiger partial charge on any atom is -0.508 e. The molecule has 0 unspecified atom stereocenters. The van der Waals surface area contributed by atoms with Gasteiger partial charge in [-0.25, -0.2) is 4.79 Å². The van der Waals surface area contributed by atoms with Gasteiger partial charge in [0.25, 0.3) is 0 Å². The van der Waals surface area contributed by atoms with Gasteiger partial charge in [0.05, 0.1) is 0 Å². The van der Waals surface area contributed by atoms with E-state index >= 15 is 0 Å². The highest BCUT2D eigenvalue weighted by molar-refractivity contribution is 5.87. The summed E-state index contributed by atoms with van der Waals surface area (Å²) >= 11 is 0. The number of esters is 1. The minimum atomic E-state index is -0.144. The zero-order valence-corrected chi connectivity index (χ0v) is 15.7. The van der Waals surface area contributed by atoms with Gasteiger partial charge in [0.2, 0.25) is 0 Å². The summed E-state index contributed by atoms with van der Waals surface area (Å²) in [6, 6.07) is 6.89. The van der Waals surface area contributed by atoms with Gasteiger partial charge >= 0.3 is 5.97 Å². The molecule has 26 heavy (non-hydrogen) atoms. The Morgan fingerprint density at radius 3 is 2.08 bits per heavy atom. The Hall–Kier alpha value is -2.03. The second-order valence-electron chi connectivity index (χ2n) is 8.24. The number of carbonyl (C=O) groups is 1. The lowest BCUT2D eigenvalue weighted by Crippen LogP contribution is -2.52. The highest BCUT2D eigenvalue weighted by Crippen LogP contribution is 2.57. The molecule has 5 rings (SSSR count). The standard InChI is InChI=1S/C15H22O2.C8H8O/c1-3-10(2)14(16)17-15-7-11-4-12(8-15)6-13(5-11)9-15;1-2-7-3-5-8(9)6-4-7/h11-13H,2-9H2,1H3;2-6,9H,1H2. The molecule has 0 amide bonds. The predicted molar refractivity (Wildman–Crippen MR) is 105 cm³/mol. The third-order valence-electron chi connectivity index (χ3n) is 6.14. The lowest BCUT2D eigenvalue weighted by atomic mass is 9.54. The summed E-state index contributed by atoms with van der Waals surface area (Å²) in [5, 5.41) is 8.82. The zero-order chi connectivity index (χ0) is 18.7. The topological polar surface area (TPSA) is 46.5 Å². The Balaban J connectivity index is 0.000000185. The van der Waals surface area contributed by atoms with Crippen molar-refractivity contribution in [1.82, 2.24) is 0 Å². The molecule has 4 aliphatic rings. The van der Waals surface area contributed by atoms with E-state index in [1.54, 1.807) is 18.2 Å². The van der Waals surface area contributed by atoms with E-state index in [4.69, 9.17) is 9.84 Å². The average Bonchev–Trinajstić information content (AvgIpc) is 2.60. The molecule has 1 aromatic carbocycles. The molecule has 4 saturated carbocycles. The van der Waals surface area contributed by atoms with Crippen molar-refractivity contribution in [2.24, 2.45) is 17.8 Å². The maximum Gasteiger partial charge on any atom is 0.333 e. The van der Waals surface area contributed by atoms with Crippen molar-refractivity contribution < 1.29 is 14.6 Å². The van der Waals surface area contributed by atoms with E-state index in [1.165, 1.54) is 19.3 Å². The van der Waals surface area contributed by atoms with Crippen LogP contribution in [-0.2, 0) is 9.53 Å². The van der Waals surface area contributed by atoms with Crippen LogP contribution in [0.5, 0.6) is 5.75 Å². The van der Waals surface area contributed by atoms with Crippen LogP contribution in [0.15, 0.2) is 43.0 Å². The molecule has 0 atom stereocenters. The van der Waals surface area contributed by atoms with Crippen LogP contribution in [0.1, 0.15) is 57.4 Å². The summed E-state index contributed by atoms with van der Waals surface area (Å²) in [5.74, 6) is 2.62. The van der Waals surface area contributed by atoms with Gasteiger partial charge in [0, 0.05) is 5.57 Å². The number of benzene rings is 1. The molecule has 3 nitrogen and oxygen atoms in total. The molecule has 0 radical (unpaired) electrons. The summed E-state index contributed by atoms with van der Waals surface area (Å²) in [5.41, 5.74) is 1.54. The molecule has 0 aromatic heterocycles. The van der Waals surface area contributed by atoms with Gasteiger partial charge in [-0.2, -0.15) is 0 Å². The van der Waals surface area contributed by atoms with Crippen molar-refractivity contribution in [2.45, 2.75) is 57.5 Å². The zero-order valence-electron chi connectivity index (χ0n) is 15.7. The Morgan fingerprint density at radius 2 is 1.65 bits per heavy atom. The molecule has 0 saturated heterocycles. The van der Waals surface area contributed by atoms with Crippen LogP contribution in [-0.4, -0.2) is 16.7 Å². The van der Waals surface area contributed by atoms with Gasteiger partial charge in [-0.1, -0.05) is 38.3 Å². The van der Waals surface area contributed by atoms with E-state index in [-0.39, 0.29) is 11.6 Å². The summed E-state index contributed by atoms with van der Waals surface area (Å²) in [6.07, 6.45) is 9.92. The maximum atomic E-state index is 11.9. The van der Waals surface area contributed by atoms with Crippen LogP contribution >= 0.6 is 0 Å². The highest BCUT2D eigenvalue weighted by Gasteiger charge is 2.53. The second-order valence-corrected chi connectivity index (χ2v) is 8.24.